The van der Waals surface area contributed by atoms with Crippen molar-refractivity contribution in [3.8, 4) is 0 Å². The number of allylic oxidation sites excluding steroid dienone is 2. The molecule has 4 rings (SSSR count). The Balaban J connectivity index is 2.05. The number of fused-ring (bicyclic) bond motifs is 2. The molecule has 2 aromatic carbocycles. The van der Waals surface area contributed by atoms with Gasteiger partial charge >= 0.3 is 5.97 Å². The van der Waals surface area contributed by atoms with Crippen LogP contribution in [0.2, 0.25) is 0 Å². The number of rotatable bonds is 2. The molecule has 2 aromatic rings. The van der Waals surface area contributed by atoms with Crippen molar-refractivity contribution in [2.24, 2.45) is 0 Å². The molecule has 0 radical (unpaired) electrons. The highest BCUT2D eigenvalue weighted by Gasteiger charge is 2.58. The summed E-state index contributed by atoms with van der Waals surface area (Å²) in [7, 11) is 3.10. The lowest BCUT2D eigenvalue weighted by molar-refractivity contribution is -0.137. The zero-order valence-electron chi connectivity index (χ0n) is 14.9. The first kappa shape index (κ1) is 16.3. The van der Waals surface area contributed by atoms with E-state index in [0.29, 0.717) is 5.57 Å². The first-order valence-corrected chi connectivity index (χ1v) is 8.47. The molecule has 0 bridgehead atoms. The van der Waals surface area contributed by atoms with Crippen LogP contribution < -0.4 is 4.90 Å². The molecular formula is C22H19NO3. The number of methoxy groups -OCH3 is 1. The van der Waals surface area contributed by atoms with E-state index in [4.69, 9.17) is 4.74 Å². The average Bonchev–Trinajstić information content (AvgIpc) is 3.16. The highest BCUT2D eigenvalue weighted by molar-refractivity contribution is 6.24. The highest BCUT2D eigenvalue weighted by Crippen LogP contribution is 2.56. The summed E-state index contributed by atoms with van der Waals surface area (Å²) in [5, 5.41) is 0. The van der Waals surface area contributed by atoms with Gasteiger partial charge in [-0.2, -0.15) is 0 Å². The standard InChI is InChI=1S/C22H19NO3/c1-14-9-12-19-18(13-14)22(21(25)23(19)2)16(15-7-5-4-6-8-15)10-11-17(22)20(24)26-3/h4-13H,1-3H3/t22-/m0/s1. The van der Waals surface area contributed by atoms with Crippen LogP contribution in [-0.2, 0) is 19.7 Å². The van der Waals surface area contributed by atoms with Crippen molar-refractivity contribution in [1.82, 2.24) is 0 Å². The fourth-order valence-electron chi connectivity index (χ4n) is 4.06. The van der Waals surface area contributed by atoms with Gasteiger partial charge in [-0.15, -0.1) is 0 Å². The first-order valence-electron chi connectivity index (χ1n) is 8.47. The van der Waals surface area contributed by atoms with E-state index in [1.54, 1.807) is 18.0 Å². The van der Waals surface area contributed by atoms with Crippen molar-refractivity contribution < 1.29 is 14.3 Å². The zero-order valence-corrected chi connectivity index (χ0v) is 14.9. The quantitative estimate of drug-likeness (QED) is 0.784. The van der Waals surface area contributed by atoms with Gasteiger partial charge in [-0.25, -0.2) is 4.79 Å². The van der Waals surface area contributed by atoms with Crippen LogP contribution >= 0.6 is 0 Å². The molecule has 1 spiro atoms. The molecule has 4 nitrogen and oxygen atoms in total. The number of carbonyl (C=O) groups excluding carboxylic acids is 2. The van der Waals surface area contributed by atoms with Gasteiger partial charge in [-0.3, -0.25) is 4.79 Å². The van der Waals surface area contributed by atoms with E-state index in [-0.39, 0.29) is 5.91 Å². The van der Waals surface area contributed by atoms with Gasteiger partial charge in [0.2, 0.25) is 5.91 Å². The zero-order chi connectivity index (χ0) is 18.5. The van der Waals surface area contributed by atoms with E-state index < -0.39 is 11.4 Å². The molecule has 1 aliphatic carbocycles. The lowest BCUT2D eigenvalue weighted by Gasteiger charge is -2.29. The number of likely N-dealkylation sites (N-methyl/N-ethyl adjacent to an activating group) is 1. The maximum atomic E-state index is 13.5. The van der Waals surface area contributed by atoms with Crippen LogP contribution in [0.3, 0.4) is 0 Å². The number of benzene rings is 2. The Kier molecular flexibility index (Phi) is 3.58. The summed E-state index contributed by atoms with van der Waals surface area (Å²) in [6.45, 7) is 1.99. The van der Waals surface area contributed by atoms with Crippen molar-refractivity contribution >= 4 is 23.1 Å². The average molecular weight is 345 g/mol. The number of ether oxygens (including phenoxy) is 1. The minimum absolute atomic E-state index is 0.137. The summed E-state index contributed by atoms with van der Waals surface area (Å²) in [6.07, 6.45) is 3.59. The Hall–Kier alpha value is -3.14. The molecule has 1 atom stereocenters. The third-order valence-electron chi connectivity index (χ3n) is 5.26. The second-order valence-corrected chi connectivity index (χ2v) is 6.65. The minimum Gasteiger partial charge on any atom is -0.466 e. The number of amides is 1. The summed E-state index contributed by atoms with van der Waals surface area (Å²) in [4.78, 5) is 27.8. The summed E-state index contributed by atoms with van der Waals surface area (Å²) < 4.78 is 5.02. The van der Waals surface area contributed by atoms with Crippen molar-refractivity contribution in [1.29, 1.82) is 0 Å². The second-order valence-electron chi connectivity index (χ2n) is 6.65. The van der Waals surface area contributed by atoms with Crippen LogP contribution in [-0.4, -0.2) is 26.0 Å². The van der Waals surface area contributed by atoms with Crippen LogP contribution in [0.25, 0.3) is 5.57 Å². The van der Waals surface area contributed by atoms with Gasteiger partial charge in [0.15, 0.2) is 0 Å². The van der Waals surface area contributed by atoms with Crippen molar-refractivity contribution in [3.63, 3.8) is 0 Å². The number of nitrogens with zero attached hydrogens (tertiary/aromatic N) is 1. The summed E-state index contributed by atoms with van der Waals surface area (Å²) in [6, 6.07) is 15.6. The molecule has 26 heavy (non-hydrogen) atoms. The van der Waals surface area contributed by atoms with Gasteiger partial charge < -0.3 is 9.64 Å². The van der Waals surface area contributed by atoms with Gasteiger partial charge in [0.25, 0.3) is 0 Å². The SMILES string of the molecule is COC(=O)C1=CC=C(c2ccccc2)[C@]12C(=O)N(C)c1ccc(C)cc12. The molecule has 0 fully saturated rings. The minimum atomic E-state index is -1.16. The number of hydrogen-bond acceptors (Lipinski definition) is 3. The third-order valence-corrected chi connectivity index (χ3v) is 5.26. The monoisotopic (exact) mass is 345 g/mol. The second kappa shape index (κ2) is 5.70. The van der Waals surface area contributed by atoms with Crippen LogP contribution in [0.5, 0.6) is 0 Å². The van der Waals surface area contributed by atoms with Crippen LogP contribution in [0.1, 0.15) is 16.7 Å². The number of esters is 1. The molecular weight excluding hydrogens is 326 g/mol. The summed E-state index contributed by atoms with van der Waals surface area (Å²) in [5.41, 5.74) is 3.60. The predicted molar refractivity (Wildman–Crippen MR) is 101 cm³/mol. The molecule has 0 N–H and O–H groups in total. The van der Waals surface area contributed by atoms with Crippen LogP contribution in [0, 0.1) is 6.92 Å². The molecule has 4 heteroatoms. The molecule has 0 saturated heterocycles. The normalized spacial score (nSPS) is 20.9. The van der Waals surface area contributed by atoms with Gasteiger partial charge in [0.05, 0.1) is 12.7 Å². The molecule has 2 aliphatic rings. The molecule has 0 aromatic heterocycles. The molecule has 1 amide bonds. The lowest BCUT2D eigenvalue weighted by Crippen LogP contribution is -2.42. The molecule has 130 valence electrons. The molecule has 0 saturated carbocycles. The Labute approximate surface area is 152 Å². The smallest absolute Gasteiger partial charge is 0.335 e. The molecule has 0 unspecified atom stereocenters. The van der Waals surface area contributed by atoms with E-state index in [0.717, 1.165) is 28.0 Å². The molecule has 1 aliphatic heterocycles. The van der Waals surface area contributed by atoms with E-state index in [1.807, 2.05) is 61.5 Å². The van der Waals surface area contributed by atoms with E-state index in [1.165, 1.54) is 7.11 Å². The van der Waals surface area contributed by atoms with Crippen LogP contribution in [0.15, 0.2) is 66.3 Å². The fraction of sp³-hybridized carbons (Fsp3) is 0.182. The summed E-state index contributed by atoms with van der Waals surface area (Å²) in [5.74, 6) is -0.620. The topological polar surface area (TPSA) is 46.6 Å². The van der Waals surface area contributed by atoms with Crippen LogP contribution in [0.4, 0.5) is 5.69 Å². The Bertz CT molecular complexity index is 988. The van der Waals surface area contributed by atoms with Gasteiger partial charge in [-0.05, 0) is 30.2 Å². The van der Waals surface area contributed by atoms with E-state index in [9.17, 15) is 9.59 Å². The highest BCUT2D eigenvalue weighted by atomic mass is 16.5. The largest absolute Gasteiger partial charge is 0.466 e. The summed E-state index contributed by atoms with van der Waals surface area (Å²) >= 11 is 0. The van der Waals surface area contributed by atoms with Crippen molar-refractivity contribution in [3.05, 3.63) is 82.9 Å². The van der Waals surface area contributed by atoms with Gasteiger partial charge in [-0.1, -0.05) is 54.1 Å². The number of anilines is 1. The predicted octanol–water partition coefficient (Wildman–Crippen LogP) is 3.41. The third kappa shape index (κ3) is 1.96. The van der Waals surface area contributed by atoms with Crippen molar-refractivity contribution in [2.75, 3.05) is 19.1 Å². The van der Waals surface area contributed by atoms with E-state index >= 15 is 0 Å². The Morgan fingerprint density at radius 2 is 1.81 bits per heavy atom. The maximum Gasteiger partial charge on any atom is 0.335 e. The maximum absolute atomic E-state index is 13.5. The first-order chi connectivity index (χ1) is 12.5. The lowest BCUT2D eigenvalue weighted by atomic mass is 9.69. The van der Waals surface area contributed by atoms with Gasteiger partial charge in [0.1, 0.15) is 5.41 Å². The molecule has 1 heterocycles. The van der Waals surface area contributed by atoms with E-state index in [2.05, 4.69) is 0 Å². The number of carbonyl (C=O) groups is 2. The van der Waals surface area contributed by atoms with Gasteiger partial charge in [0, 0.05) is 18.3 Å². The number of aryl methyl sites for hydroxylation is 1. The fourth-order valence-corrected chi connectivity index (χ4v) is 4.06. The Morgan fingerprint density at radius 1 is 1.08 bits per heavy atom. The Morgan fingerprint density at radius 3 is 2.50 bits per heavy atom. The number of hydrogen-bond donors (Lipinski definition) is 0. The van der Waals surface area contributed by atoms with Crippen molar-refractivity contribution in [2.45, 2.75) is 12.3 Å².